The highest BCUT2D eigenvalue weighted by atomic mass is 16.5. The minimum atomic E-state index is -0.0660. The molecule has 2 nitrogen and oxygen atoms in total. The van der Waals surface area contributed by atoms with Crippen LogP contribution in [0.2, 0.25) is 0 Å². The Bertz CT molecular complexity index is 277. The SMILES string of the molecule is CC(C)CC(C)OC1CC(=O)C12CCCCC2. The molecule has 0 aromatic rings. The molecule has 0 aromatic heterocycles. The molecular weight excluding hydrogens is 212 g/mol. The normalized spacial score (nSPS) is 29.4. The first kappa shape index (κ1) is 13.1. The lowest BCUT2D eigenvalue weighted by Gasteiger charge is -2.50. The van der Waals surface area contributed by atoms with Crippen LogP contribution < -0.4 is 0 Å². The lowest BCUT2D eigenvalue weighted by Crippen LogP contribution is -2.57. The number of rotatable bonds is 4. The van der Waals surface area contributed by atoms with Crippen molar-refractivity contribution in [2.45, 2.75) is 77.9 Å². The highest BCUT2D eigenvalue weighted by molar-refractivity contribution is 5.92. The van der Waals surface area contributed by atoms with Crippen LogP contribution in [0.3, 0.4) is 0 Å². The maximum atomic E-state index is 11.9. The van der Waals surface area contributed by atoms with Gasteiger partial charge in [-0.3, -0.25) is 4.79 Å². The number of Topliss-reactive ketones (excluding diaryl/α,β-unsaturated/α-hetero) is 1. The van der Waals surface area contributed by atoms with E-state index < -0.39 is 0 Å². The van der Waals surface area contributed by atoms with E-state index in [2.05, 4.69) is 20.8 Å². The summed E-state index contributed by atoms with van der Waals surface area (Å²) in [5.41, 5.74) is -0.0660. The van der Waals surface area contributed by atoms with E-state index in [-0.39, 0.29) is 11.5 Å². The second-order valence-electron chi connectivity index (χ2n) is 6.41. The molecule has 0 heterocycles. The zero-order valence-electron chi connectivity index (χ0n) is 11.5. The van der Waals surface area contributed by atoms with Gasteiger partial charge in [-0.25, -0.2) is 0 Å². The van der Waals surface area contributed by atoms with E-state index in [0.29, 0.717) is 24.2 Å². The molecule has 2 heteroatoms. The van der Waals surface area contributed by atoms with Gasteiger partial charge in [0.05, 0.1) is 17.6 Å². The molecule has 0 N–H and O–H groups in total. The van der Waals surface area contributed by atoms with Gasteiger partial charge < -0.3 is 4.74 Å². The molecule has 0 aliphatic heterocycles. The maximum absolute atomic E-state index is 11.9. The topological polar surface area (TPSA) is 26.3 Å². The van der Waals surface area contributed by atoms with Crippen molar-refractivity contribution in [2.75, 3.05) is 0 Å². The molecule has 2 saturated carbocycles. The summed E-state index contributed by atoms with van der Waals surface area (Å²) in [4.78, 5) is 11.9. The van der Waals surface area contributed by atoms with Crippen molar-refractivity contribution in [3.63, 3.8) is 0 Å². The summed E-state index contributed by atoms with van der Waals surface area (Å²) in [7, 11) is 0. The van der Waals surface area contributed by atoms with Crippen LogP contribution in [0.4, 0.5) is 0 Å². The average Bonchev–Trinajstić information content (AvgIpc) is 2.29. The molecule has 2 aliphatic carbocycles. The predicted octanol–water partition coefficient (Wildman–Crippen LogP) is 3.73. The van der Waals surface area contributed by atoms with E-state index in [1.807, 2.05) is 0 Å². The van der Waals surface area contributed by atoms with Crippen LogP contribution in [0, 0.1) is 11.3 Å². The third-order valence-electron chi connectivity index (χ3n) is 4.49. The fourth-order valence-corrected chi connectivity index (χ4v) is 3.58. The fraction of sp³-hybridized carbons (Fsp3) is 0.933. The number of hydrogen-bond acceptors (Lipinski definition) is 2. The molecule has 0 radical (unpaired) electrons. The van der Waals surface area contributed by atoms with Gasteiger partial charge in [0.25, 0.3) is 0 Å². The third kappa shape index (κ3) is 2.57. The molecule has 2 atom stereocenters. The molecule has 0 amide bonds. The fourth-order valence-electron chi connectivity index (χ4n) is 3.58. The number of hydrogen-bond donors (Lipinski definition) is 0. The van der Waals surface area contributed by atoms with Gasteiger partial charge in [-0.1, -0.05) is 33.1 Å². The van der Waals surface area contributed by atoms with Gasteiger partial charge in [-0.05, 0) is 32.1 Å². The Morgan fingerprint density at radius 3 is 2.41 bits per heavy atom. The summed E-state index contributed by atoms with van der Waals surface area (Å²) in [5, 5.41) is 0. The zero-order valence-corrected chi connectivity index (χ0v) is 11.5. The average molecular weight is 238 g/mol. The molecule has 2 unspecified atom stereocenters. The number of ether oxygens (including phenoxy) is 1. The minimum absolute atomic E-state index is 0.0660. The van der Waals surface area contributed by atoms with Gasteiger partial charge in [0.2, 0.25) is 0 Å². The highest BCUT2D eigenvalue weighted by Gasteiger charge is 2.55. The lowest BCUT2D eigenvalue weighted by molar-refractivity contribution is -0.177. The van der Waals surface area contributed by atoms with Gasteiger partial charge in [0.15, 0.2) is 0 Å². The number of carbonyl (C=O) groups is 1. The Hall–Kier alpha value is -0.370. The maximum Gasteiger partial charge on any atom is 0.144 e. The standard InChI is InChI=1S/C15H26O2/c1-11(2)9-12(3)17-14-10-13(16)15(14)7-5-4-6-8-15/h11-12,14H,4-10H2,1-3H3. The number of carbonyl (C=O) groups excluding carboxylic acids is 1. The van der Waals surface area contributed by atoms with E-state index in [4.69, 9.17) is 4.74 Å². The van der Waals surface area contributed by atoms with Crippen LogP contribution >= 0.6 is 0 Å². The molecule has 98 valence electrons. The Morgan fingerprint density at radius 1 is 1.24 bits per heavy atom. The number of ketones is 1. The molecule has 1 spiro atoms. The van der Waals surface area contributed by atoms with Crippen molar-refractivity contribution in [3.8, 4) is 0 Å². The van der Waals surface area contributed by atoms with Gasteiger partial charge >= 0.3 is 0 Å². The third-order valence-corrected chi connectivity index (χ3v) is 4.49. The smallest absolute Gasteiger partial charge is 0.144 e. The molecule has 17 heavy (non-hydrogen) atoms. The summed E-state index contributed by atoms with van der Waals surface area (Å²) in [6.45, 7) is 6.60. The lowest BCUT2D eigenvalue weighted by atomic mass is 9.57. The van der Waals surface area contributed by atoms with Crippen LogP contribution in [-0.2, 0) is 9.53 Å². The molecular formula is C15H26O2. The van der Waals surface area contributed by atoms with Gasteiger partial charge in [0, 0.05) is 6.42 Å². The Kier molecular flexibility index (Phi) is 3.92. The molecule has 2 rings (SSSR count). The van der Waals surface area contributed by atoms with Gasteiger partial charge in [-0.2, -0.15) is 0 Å². The van der Waals surface area contributed by atoms with E-state index >= 15 is 0 Å². The van der Waals surface area contributed by atoms with E-state index in [1.54, 1.807) is 0 Å². The first-order valence-electron chi connectivity index (χ1n) is 7.23. The van der Waals surface area contributed by atoms with Crippen molar-refractivity contribution in [1.29, 1.82) is 0 Å². The minimum Gasteiger partial charge on any atom is -0.374 e. The van der Waals surface area contributed by atoms with Crippen LogP contribution in [0.15, 0.2) is 0 Å². The summed E-state index contributed by atoms with van der Waals surface area (Å²) in [6.07, 6.45) is 8.16. The first-order valence-corrected chi connectivity index (χ1v) is 7.23. The monoisotopic (exact) mass is 238 g/mol. The largest absolute Gasteiger partial charge is 0.374 e. The second kappa shape index (κ2) is 5.09. The van der Waals surface area contributed by atoms with Crippen molar-refractivity contribution in [2.24, 2.45) is 11.3 Å². The van der Waals surface area contributed by atoms with Crippen LogP contribution in [-0.4, -0.2) is 18.0 Å². The van der Waals surface area contributed by atoms with Crippen molar-refractivity contribution in [3.05, 3.63) is 0 Å². The van der Waals surface area contributed by atoms with Gasteiger partial charge in [0.1, 0.15) is 5.78 Å². The summed E-state index contributed by atoms with van der Waals surface area (Å²) in [5.74, 6) is 1.14. The summed E-state index contributed by atoms with van der Waals surface area (Å²) >= 11 is 0. The predicted molar refractivity (Wildman–Crippen MR) is 68.9 cm³/mol. The van der Waals surface area contributed by atoms with Crippen LogP contribution in [0.25, 0.3) is 0 Å². The van der Waals surface area contributed by atoms with Crippen LogP contribution in [0.5, 0.6) is 0 Å². The Labute approximate surface area is 105 Å². The molecule has 2 fully saturated rings. The molecule has 0 saturated heterocycles. The molecule has 0 bridgehead atoms. The molecule has 2 aliphatic rings. The second-order valence-corrected chi connectivity index (χ2v) is 6.41. The van der Waals surface area contributed by atoms with E-state index in [1.165, 1.54) is 19.3 Å². The Morgan fingerprint density at radius 2 is 1.88 bits per heavy atom. The summed E-state index contributed by atoms with van der Waals surface area (Å²) in [6, 6.07) is 0. The molecule has 0 aromatic carbocycles. The highest BCUT2D eigenvalue weighted by Crippen LogP contribution is 2.50. The van der Waals surface area contributed by atoms with Crippen LogP contribution in [0.1, 0.15) is 65.7 Å². The first-order chi connectivity index (χ1) is 8.04. The van der Waals surface area contributed by atoms with E-state index in [0.717, 1.165) is 19.3 Å². The van der Waals surface area contributed by atoms with Gasteiger partial charge in [-0.15, -0.1) is 0 Å². The summed E-state index contributed by atoms with van der Waals surface area (Å²) < 4.78 is 6.14. The van der Waals surface area contributed by atoms with Crippen molar-refractivity contribution < 1.29 is 9.53 Å². The Balaban J connectivity index is 1.91. The quantitative estimate of drug-likeness (QED) is 0.746. The zero-order chi connectivity index (χ0) is 12.5. The van der Waals surface area contributed by atoms with E-state index in [9.17, 15) is 4.79 Å². The van der Waals surface area contributed by atoms with Crippen molar-refractivity contribution in [1.82, 2.24) is 0 Å². The van der Waals surface area contributed by atoms with Crippen molar-refractivity contribution >= 4 is 5.78 Å².